The van der Waals surface area contributed by atoms with E-state index in [1.165, 1.54) is 0 Å². The van der Waals surface area contributed by atoms with E-state index in [0.717, 1.165) is 78.1 Å². The van der Waals surface area contributed by atoms with Crippen LogP contribution in [-0.4, -0.2) is 35.4 Å². The van der Waals surface area contributed by atoms with Crippen molar-refractivity contribution in [2.24, 2.45) is 0 Å². The molecule has 5 nitrogen and oxygen atoms in total. The first-order valence-corrected chi connectivity index (χ1v) is 11.7. The number of unbranched alkanes of at least 4 members (excludes halogenated alkanes) is 1. The summed E-state index contributed by atoms with van der Waals surface area (Å²) in [5.74, 6) is 1.74. The molecule has 1 aromatic heterocycles. The van der Waals surface area contributed by atoms with E-state index in [9.17, 15) is 5.11 Å². The van der Waals surface area contributed by atoms with Crippen molar-refractivity contribution in [1.82, 2.24) is 4.98 Å². The monoisotopic (exact) mass is 434 g/mol. The Morgan fingerprint density at radius 3 is 2.62 bits per heavy atom. The number of anilines is 1. The van der Waals surface area contributed by atoms with Crippen molar-refractivity contribution in [2.75, 3.05) is 24.6 Å². The van der Waals surface area contributed by atoms with Crippen molar-refractivity contribution in [1.29, 1.82) is 0 Å². The summed E-state index contributed by atoms with van der Waals surface area (Å²) in [7, 11) is 0. The second-order valence-corrected chi connectivity index (χ2v) is 9.00. The van der Waals surface area contributed by atoms with Crippen LogP contribution in [0.3, 0.4) is 0 Å². The number of hydrogen-bond donors (Lipinski definition) is 1. The fourth-order valence-electron chi connectivity index (χ4n) is 4.14. The Morgan fingerprint density at radius 2 is 1.84 bits per heavy atom. The maximum absolute atomic E-state index is 10.2. The van der Waals surface area contributed by atoms with Gasteiger partial charge in [-0.15, -0.1) is 0 Å². The summed E-state index contributed by atoms with van der Waals surface area (Å²) in [6.45, 7) is 8.94. The summed E-state index contributed by atoms with van der Waals surface area (Å²) in [5, 5.41) is 11.3. The average molecular weight is 435 g/mol. The van der Waals surface area contributed by atoms with Crippen LogP contribution in [0.4, 0.5) is 5.69 Å². The molecule has 0 atom stereocenters. The Kier molecular flexibility index (Phi) is 6.85. The number of aromatic nitrogens is 1. The molecule has 4 rings (SSSR count). The van der Waals surface area contributed by atoms with E-state index in [1.54, 1.807) is 0 Å². The number of hydrogen-bond acceptors (Lipinski definition) is 5. The van der Waals surface area contributed by atoms with Crippen LogP contribution in [0.1, 0.15) is 50.8 Å². The molecule has 0 saturated carbocycles. The van der Waals surface area contributed by atoms with E-state index in [2.05, 4.69) is 36.9 Å². The molecule has 0 spiro atoms. The second-order valence-electron chi connectivity index (χ2n) is 9.00. The van der Waals surface area contributed by atoms with Gasteiger partial charge >= 0.3 is 0 Å². The van der Waals surface area contributed by atoms with Crippen molar-refractivity contribution in [2.45, 2.75) is 58.7 Å². The van der Waals surface area contributed by atoms with Crippen LogP contribution in [0.15, 0.2) is 48.5 Å². The van der Waals surface area contributed by atoms with Gasteiger partial charge in [0.2, 0.25) is 0 Å². The van der Waals surface area contributed by atoms with Crippen LogP contribution in [0.25, 0.3) is 10.9 Å². The van der Waals surface area contributed by atoms with Crippen LogP contribution >= 0.6 is 0 Å². The first-order chi connectivity index (χ1) is 15.5. The lowest BCUT2D eigenvalue weighted by Crippen LogP contribution is -2.42. The number of piperidine rings is 1. The van der Waals surface area contributed by atoms with Crippen molar-refractivity contribution in [3.63, 3.8) is 0 Å². The molecule has 170 valence electrons. The number of aliphatic hydroxyl groups is 1. The van der Waals surface area contributed by atoms with Crippen LogP contribution in [0.2, 0.25) is 0 Å². The molecule has 1 aliphatic heterocycles. The Labute approximate surface area is 191 Å². The van der Waals surface area contributed by atoms with Crippen molar-refractivity contribution >= 4 is 16.6 Å². The fraction of sp³-hybridized carbons (Fsp3) is 0.444. The standard InChI is InChI=1S/C27H34N2O3/c1-4-5-17-31-26-20(2)25(28-24-12-7-6-11-23(24)26)19-32-22-10-8-9-21(18-22)29-15-13-27(3,30)14-16-29/h6-12,18,30H,4-5,13-17,19H2,1-3H3. The second kappa shape index (κ2) is 9.78. The highest BCUT2D eigenvalue weighted by Crippen LogP contribution is 2.32. The smallest absolute Gasteiger partial charge is 0.133 e. The van der Waals surface area contributed by atoms with E-state index < -0.39 is 5.60 Å². The molecule has 0 unspecified atom stereocenters. The normalized spacial score (nSPS) is 15.7. The van der Waals surface area contributed by atoms with Crippen LogP contribution in [0.5, 0.6) is 11.5 Å². The van der Waals surface area contributed by atoms with E-state index in [4.69, 9.17) is 14.5 Å². The summed E-state index contributed by atoms with van der Waals surface area (Å²) < 4.78 is 12.4. The molecule has 2 heterocycles. The SMILES string of the molecule is CCCCOc1c(C)c(COc2cccc(N3CCC(C)(O)CC3)c2)nc2ccccc12. The lowest BCUT2D eigenvalue weighted by molar-refractivity contribution is 0.0351. The molecule has 1 fully saturated rings. The van der Waals surface area contributed by atoms with Gasteiger partial charge in [-0.2, -0.15) is 0 Å². The zero-order valence-corrected chi connectivity index (χ0v) is 19.4. The van der Waals surface area contributed by atoms with Gasteiger partial charge in [-0.05, 0) is 57.4 Å². The maximum Gasteiger partial charge on any atom is 0.133 e. The number of benzene rings is 2. The van der Waals surface area contributed by atoms with Crippen molar-refractivity contribution in [3.05, 3.63) is 59.8 Å². The number of nitrogens with zero attached hydrogens (tertiary/aromatic N) is 2. The topological polar surface area (TPSA) is 54.8 Å². The molecule has 2 aromatic carbocycles. The number of fused-ring (bicyclic) bond motifs is 1. The Hall–Kier alpha value is -2.79. The molecule has 0 bridgehead atoms. The lowest BCUT2D eigenvalue weighted by atomic mass is 9.93. The van der Waals surface area contributed by atoms with Gasteiger partial charge in [0.25, 0.3) is 0 Å². The van der Waals surface area contributed by atoms with E-state index in [1.807, 2.05) is 37.3 Å². The van der Waals surface area contributed by atoms with Crippen LogP contribution < -0.4 is 14.4 Å². The third-order valence-corrected chi connectivity index (χ3v) is 6.32. The van der Waals surface area contributed by atoms with Gasteiger partial charge in [0.05, 0.1) is 23.4 Å². The highest BCUT2D eigenvalue weighted by atomic mass is 16.5. The largest absolute Gasteiger partial charge is 0.493 e. The first-order valence-electron chi connectivity index (χ1n) is 11.7. The highest BCUT2D eigenvalue weighted by molar-refractivity contribution is 5.86. The Bertz CT molecular complexity index is 1050. The zero-order chi connectivity index (χ0) is 22.6. The van der Waals surface area contributed by atoms with E-state index in [0.29, 0.717) is 13.2 Å². The summed E-state index contributed by atoms with van der Waals surface area (Å²) in [6.07, 6.45) is 3.68. The average Bonchev–Trinajstić information content (AvgIpc) is 2.79. The molecular weight excluding hydrogens is 400 g/mol. The molecule has 32 heavy (non-hydrogen) atoms. The molecule has 1 N–H and O–H groups in total. The molecule has 1 aliphatic rings. The highest BCUT2D eigenvalue weighted by Gasteiger charge is 2.27. The lowest BCUT2D eigenvalue weighted by Gasteiger charge is -2.37. The van der Waals surface area contributed by atoms with E-state index >= 15 is 0 Å². The molecule has 0 aliphatic carbocycles. The molecule has 3 aromatic rings. The number of rotatable bonds is 8. The van der Waals surface area contributed by atoms with Crippen LogP contribution in [0, 0.1) is 6.92 Å². The fourth-order valence-corrected chi connectivity index (χ4v) is 4.14. The molecule has 1 saturated heterocycles. The number of pyridine rings is 1. The number of para-hydroxylation sites is 1. The molecule has 5 heteroatoms. The van der Waals surface area contributed by atoms with E-state index in [-0.39, 0.29) is 0 Å². The summed E-state index contributed by atoms with van der Waals surface area (Å²) in [4.78, 5) is 7.17. The van der Waals surface area contributed by atoms with Gasteiger partial charge in [-0.1, -0.05) is 31.5 Å². The Balaban J connectivity index is 1.51. The van der Waals surface area contributed by atoms with Crippen molar-refractivity contribution < 1.29 is 14.6 Å². The summed E-state index contributed by atoms with van der Waals surface area (Å²) >= 11 is 0. The predicted octanol–water partition coefficient (Wildman–Crippen LogP) is 5.65. The summed E-state index contributed by atoms with van der Waals surface area (Å²) in [5.41, 5.74) is 3.44. The Morgan fingerprint density at radius 1 is 1.06 bits per heavy atom. The summed E-state index contributed by atoms with van der Waals surface area (Å²) in [6, 6.07) is 16.3. The molecular formula is C27H34N2O3. The minimum Gasteiger partial charge on any atom is -0.493 e. The zero-order valence-electron chi connectivity index (χ0n) is 19.4. The minimum absolute atomic E-state index is 0.388. The quantitative estimate of drug-likeness (QED) is 0.464. The molecule has 0 radical (unpaired) electrons. The first kappa shape index (κ1) is 22.4. The van der Waals surface area contributed by atoms with Gasteiger partial charge in [-0.3, -0.25) is 0 Å². The molecule has 0 amide bonds. The third-order valence-electron chi connectivity index (χ3n) is 6.32. The van der Waals surface area contributed by atoms with Gasteiger partial charge in [0.15, 0.2) is 0 Å². The van der Waals surface area contributed by atoms with Gasteiger partial charge in [0.1, 0.15) is 18.1 Å². The van der Waals surface area contributed by atoms with Gasteiger partial charge < -0.3 is 19.5 Å². The minimum atomic E-state index is -0.555. The predicted molar refractivity (Wildman–Crippen MR) is 130 cm³/mol. The third kappa shape index (κ3) is 5.16. The van der Waals surface area contributed by atoms with Crippen molar-refractivity contribution in [3.8, 4) is 11.5 Å². The maximum atomic E-state index is 10.2. The van der Waals surface area contributed by atoms with Gasteiger partial charge in [0, 0.05) is 35.8 Å². The van der Waals surface area contributed by atoms with Gasteiger partial charge in [-0.25, -0.2) is 4.98 Å². The van der Waals surface area contributed by atoms with Crippen LogP contribution in [-0.2, 0) is 6.61 Å². The number of ether oxygens (including phenoxy) is 2.